The van der Waals surface area contributed by atoms with Crippen molar-refractivity contribution in [1.82, 2.24) is 5.32 Å². The summed E-state index contributed by atoms with van der Waals surface area (Å²) in [5.74, 6) is 0.310. The lowest BCUT2D eigenvalue weighted by Gasteiger charge is -2.14. The summed E-state index contributed by atoms with van der Waals surface area (Å²) < 4.78 is 0. The summed E-state index contributed by atoms with van der Waals surface area (Å²) in [6.45, 7) is 0. The highest BCUT2D eigenvalue weighted by molar-refractivity contribution is 7.98. The number of nitrogens with one attached hydrogen (secondary N) is 2. The van der Waals surface area contributed by atoms with Crippen LogP contribution in [0.4, 0.5) is 5.69 Å². The maximum atomic E-state index is 11.9. The van der Waals surface area contributed by atoms with E-state index < -0.39 is 6.04 Å². The van der Waals surface area contributed by atoms with E-state index in [1.807, 2.05) is 6.26 Å². The second-order valence-corrected chi connectivity index (χ2v) is 4.99. The number of para-hydroxylation sites is 1. The number of hydrogen-bond acceptors (Lipinski definition) is 4. The molecule has 6 heteroatoms. The average molecular weight is 281 g/mol. The zero-order chi connectivity index (χ0) is 14.3. The van der Waals surface area contributed by atoms with Crippen LogP contribution in [0.1, 0.15) is 16.8 Å². The van der Waals surface area contributed by atoms with Crippen LogP contribution < -0.4 is 16.4 Å². The molecule has 19 heavy (non-hydrogen) atoms. The van der Waals surface area contributed by atoms with Gasteiger partial charge >= 0.3 is 0 Å². The molecule has 0 saturated heterocycles. The van der Waals surface area contributed by atoms with E-state index in [-0.39, 0.29) is 11.8 Å². The molecule has 0 radical (unpaired) electrons. The number of nitrogens with two attached hydrogens (primary N) is 1. The van der Waals surface area contributed by atoms with Crippen molar-refractivity contribution >= 4 is 29.3 Å². The lowest BCUT2D eigenvalue weighted by Crippen LogP contribution is -2.36. The monoisotopic (exact) mass is 281 g/mol. The first-order chi connectivity index (χ1) is 9.10. The Balaban J connectivity index is 2.76. The summed E-state index contributed by atoms with van der Waals surface area (Å²) in [6, 6.07) is 6.28. The number of amides is 2. The average Bonchev–Trinajstić information content (AvgIpc) is 2.44. The number of carbonyl (C=O) groups excluding carboxylic acids is 2. The molecule has 0 aliphatic rings. The molecule has 0 saturated carbocycles. The van der Waals surface area contributed by atoms with Gasteiger partial charge < -0.3 is 16.4 Å². The van der Waals surface area contributed by atoms with Gasteiger partial charge in [0, 0.05) is 7.05 Å². The van der Waals surface area contributed by atoms with Crippen molar-refractivity contribution in [1.29, 1.82) is 0 Å². The molecule has 0 bridgehead atoms. The molecule has 0 aliphatic heterocycles. The van der Waals surface area contributed by atoms with Gasteiger partial charge in [-0.05, 0) is 30.6 Å². The van der Waals surface area contributed by atoms with Crippen LogP contribution >= 0.6 is 11.8 Å². The second-order valence-electron chi connectivity index (χ2n) is 4.00. The van der Waals surface area contributed by atoms with Crippen molar-refractivity contribution in [3.05, 3.63) is 29.8 Å². The molecule has 0 heterocycles. The summed E-state index contributed by atoms with van der Waals surface area (Å²) in [5.41, 5.74) is 6.69. The number of anilines is 1. The Bertz CT molecular complexity index is 451. The molecule has 0 unspecified atom stereocenters. The molecule has 4 N–H and O–H groups in total. The highest BCUT2D eigenvalue weighted by atomic mass is 32.2. The highest BCUT2D eigenvalue weighted by Crippen LogP contribution is 2.15. The van der Waals surface area contributed by atoms with Crippen LogP contribution in [0.5, 0.6) is 0 Å². The van der Waals surface area contributed by atoms with Gasteiger partial charge in [0.15, 0.2) is 0 Å². The lowest BCUT2D eigenvalue weighted by atomic mass is 10.1. The first kappa shape index (κ1) is 15.5. The van der Waals surface area contributed by atoms with E-state index in [2.05, 4.69) is 10.6 Å². The van der Waals surface area contributed by atoms with Gasteiger partial charge in [-0.2, -0.15) is 11.8 Å². The molecular formula is C13H19N3O2S. The minimum Gasteiger partial charge on any atom is -0.355 e. The molecule has 1 rings (SSSR count). The van der Waals surface area contributed by atoms with Crippen LogP contribution in [0.25, 0.3) is 0 Å². The predicted octanol–water partition coefficient (Wildman–Crippen LogP) is 1.07. The van der Waals surface area contributed by atoms with Gasteiger partial charge in [-0.15, -0.1) is 0 Å². The zero-order valence-electron chi connectivity index (χ0n) is 11.1. The largest absolute Gasteiger partial charge is 0.355 e. The molecular weight excluding hydrogens is 262 g/mol. The normalized spacial score (nSPS) is 11.7. The van der Waals surface area contributed by atoms with Crippen molar-refractivity contribution in [3.63, 3.8) is 0 Å². The molecule has 2 amide bonds. The van der Waals surface area contributed by atoms with Crippen LogP contribution in [0.3, 0.4) is 0 Å². The number of rotatable bonds is 6. The summed E-state index contributed by atoms with van der Waals surface area (Å²) in [6.07, 6.45) is 2.57. The van der Waals surface area contributed by atoms with Gasteiger partial charge in [-0.1, -0.05) is 12.1 Å². The Morgan fingerprint density at radius 1 is 1.37 bits per heavy atom. The summed E-state index contributed by atoms with van der Waals surface area (Å²) in [4.78, 5) is 23.6. The SMILES string of the molecule is CNC(=O)c1ccccc1NC(=O)[C@H](N)CCSC. The number of hydrogen-bond donors (Lipinski definition) is 3. The van der Waals surface area contributed by atoms with E-state index in [9.17, 15) is 9.59 Å². The van der Waals surface area contributed by atoms with Crippen molar-refractivity contribution in [3.8, 4) is 0 Å². The molecule has 104 valence electrons. The van der Waals surface area contributed by atoms with Crippen LogP contribution in [0.15, 0.2) is 24.3 Å². The molecule has 0 fully saturated rings. The molecule has 0 spiro atoms. The molecule has 0 aliphatic carbocycles. The van der Waals surface area contributed by atoms with Crippen LogP contribution in [-0.4, -0.2) is 36.9 Å². The quantitative estimate of drug-likeness (QED) is 0.728. The van der Waals surface area contributed by atoms with Gasteiger partial charge in [-0.3, -0.25) is 9.59 Å². The Morgan fingerprint density at radius 2 is 2.05 bits per heavy atom. The van der Waals surface area contributed by atoms with E-state index in [1.54, 1.807) is 43.1 Å². The Kier molecular flexibility index (Phi) is 6.38. The van der Waals surface area contributed by atoms with Crippen LogP contribution in [0, 0.1) is 0 Å². The van der Waals surface area contributed by atoms with E-state index in [0.29, 0.717) is 17.7 Å². The number of thioether (sulfide) groups is 1. The fourth-order valence-electron chi connectivity index (χ4n) is 1.53. The molecule has 1 aromatic rings. The minimum absolute atomic E-state index is 0.242. The van der Waals surface area contributed by atoms with Crippen molar-refractivity contribution < 1.29 is 9.59 Å². The van der Waals surface area contributed by atoms with Crippen molar-refractivity contribution in [2.24, 2.45) is 5.73 Å². The second kappa shape index (κ2) is 7.81. The molecule has 5 nitrogen and oxygen atoms in total. The first-order valence-electron chi connectivity index (χ1n) is 5.96. The smallest absolute Gasteiger partial charge is 0.253 e. The summed E-state index contributed by atoms with van der Waals surface area (Å²) in [5, 5.41) is 5.23. The van der Waals surface area contributed by atoms with E-state index in [0.717, 1.165) is 5.75 Å². The van der Waals surface area contributed by atoms with Gasteiger partial charge in [0.1, 0.15) is 0 Å². The maximum Gasteiger partial charge on any atom is 0.253 e. The van der Waals surface area contributed by atoms with Crippen molar-refractivity contribution in [2.75, 3.05) is 24.4 Å². The van der Waals surface area contributed by atoms with E-state index >= 15 is 0 Å². The topological polar surface area (TPSA) is 84.2 Å². The van der Waals surface area contributed by atoms with Crippen molar-refractivity contribution in [2.45, 2.75) is 12.5 Å². The van der Waals surface area contributed by atoms with Gasteiger partial charge in [0.05, 0.1) is 17.3 Å². The van der Waals surface area contributed by atoms with Gasteiger partial charge in [0.25, 0.3) is 5.91 Å². The fourth-order valence-corrected chi connectivity index (χ4v) is 2.02. The number of carbonyl (C=O) groups is 2. The Labute approximate surface area is 117 Å². The molecule has 1 atom stereocenters. The lowest BCUT2D eigenvalue weighted by molar-refractivity contribution is -0.117. The van der Waals surface area contributed by atoms with E-state index in [4.69, 9.17) is 5.73 Å². The van der Waals surface area contributed by atoms with Gasteiger partial charge in [-0.25, -0.2) is 0 Å². The zero-order valence-corrected chi connectivity index (χ0v) is 11.9. The molecule has 0 aromatic heterocycles. The summed E-state index contributed by atoms with van der Waals surface area (Å²) in [7, 11) is 1.55. The Hall–Kier alpha value is -1.53. The van der Waals surface area contributed by atoms with Crippen LogP contribution in [-0.2, 0) is 4.79 Å². The fraction of sp³-hybridized carbons (Fsp3) is 0.385. The highest BCUT2D eigenvalue weighted by Gasteiger charge is 2.16. The molecule has 1 aromatic carbocycles. The standard InChI is InChI=1S/C13H19N3O2S/c1-15-12(17)9-5-3-4-6-11(9)16-13(18)10(14)7-8-19-2/h3-6,10H,7-8,14H2,1-2H3,(H,15,17)(H,16,18)/t10-/m1/s1. The maximum absolute atomic E-state index is 11.9. The Morgan fingerprint density at radius 3 is 2.68 bits per heavy atom. The first-order valence-corrected chi connectivity index (χ1v) is 7.36. The third-order valence-corrected chi connectivity index (χ3v) is 3.27. The van der Waals surface area contributed by atoms with Crippen LogP contribution in [0.2, 0.25) is 0 Å². The third-order valence-electron chi connectivity index (χ3n) is 2.63. The third kappa shape index (κ3) is 4.57. The predicted molar refractivity (Wildman–Crippen MR) is 79.4 cm³/mol. The summed E-state index contributed by atoms with van der Waals surface area (Å²) >= 11 is 1.64. The van der Waals surface area contributed by atoms with Gasteiger partial charge in [0.2, 0.25) is 5.91 Å². The van der Waals surface area contributed by atoms with E-state index in [1.165, 1.54) is 0 Å². The minimum atomic E-state index is -0.565. The number of benzene rings is 1.